The Hall–Kier alpha value is -1.52. The molecule has 1 aromatic rings. The minimum atomic E-state index is -2.83. The van der Waals surface area contributed by atoms with Crippen LogP contribution in [0.15, 0.2) is 18.2 Å². The number of rotatable bonds is 5. The van der Waals surface area contributed by atoms with Crippen molar-refractivity contribution in [1.29, 1.82) is 0 Å². The smallest absolute Gasteiger partial charge is 0.387 e. The number of ether oxygens (including phenoxy) is 2. The first-order valence-electron chi connectivity index (χ1n) is 6.82. The average molecular weight is 285 g/mol. The molecule has 20 heavy (non-hydrogen) atoms. The van der Waals surface area contributed by atoms with Gasteiger partial charge in [-0.25, -0.2) is 0 Å². The van der Waals surface area contributed by atoms with E-state index in [1.54, 1.807) is 19.2 Å². The summed E-state index contributed by atoms with van der Waals surface area (Å²) in [6.07, 6.45) is 3.29. The minimum absolute atomic E-state index is 0.144. The Kier molecular flexibility index (Phi) is 4.35. The van der Waals surface area contributed by atoms with E-state index in [-0.39, 0.29) is 17.2 Å². The number of halogens is 2. The second-order valence-corrected chi connectivity index (χ2v) is 5.82. The van der Waals surface area contributed by atoms with Gasteiger partial charge in [-0.3, -0.25) is 0 Å². The molecule has 3 nitrogen and oxygen atoms in total. The van der Waals surface area contributed by atoms with Crippen LogP contribution in [0.5, 0.6) is 11.5 Å². The summed E-state index contributed by atoms with van der Waals surface area (Å²) in [5.74, 6) is 0.772. The van der Waals surface area contributed by atoms with E-state index in [9.17, 15) is 8.78 Å². The van der Waals surface area contributed by atoms with E-state index in [1.165, 1.54) is 6.07 Å². The molecule has 0 radical (unpaired) electrons. The largest absolute Gasteiger partial charge is 0.497 e. The maximum absolute atomic E-state index is 12.5. The molecule has 1 aliphatic carbocycles. The highest BCUT2D eigenvalue weighted by Gasteiger charge is 2.34. The van der Waals surface area contributed by atoms with Crippen LogP contribution in [0.1, 0.15) is 33.1 Å². The van der Waals surface area contributed by atoms with E-state index in [0.717, 1.165) is 19.3 Å². The molecule has 0 amide bonds. The summed E-state index contributed by atoms with van der Waals surface area (Å²) in [5, 5.41) is 3.34. The third-order valence-corrected chi connectivity index (χ3v) is 3.99. The first-order chi connectivity index (χ1) is 9.42. The van der Waals surface area contributed by atoms with Crippen LogP contribution < -0.4 is 14.8 Å². The number of hydrogen-bond donors (Lipinski definition) is 1. The van der Waals surface area contributed by atoms with Crippen molar-refractivity contribution < 1.29 is 18.3 Å². The SMILES string of the molecule is COc1ccc(OC(F)F)c(NC2CCCC2(C)C)c1. The lowest BCUT2D eigenvalue weighted by Gasteiger charge is -2.29. The molecule has 0 spiro atoms. The summed E-state index contributed by atoms with van der Waals surface area (Å²) in [6, 6.07) is 5.07. The van der Waals surface area contributed by atoms with Crippen molar-refractivity contribution in [3.8, 4) is 11.5 Å². The van der Waals surface area contributed by atoms with E-state index in [1.807, 2.05) is 0 Å². The molecule has 5 heteroatoms. The molecule has 0 saturated heterocycles. The number of anilines is 1. The van der Waals surface area contributed by atoms with Crippen LogP contribution in [-0.2, 0) is 0 Å². The number of nitrogens with one attached hydrogen (secondary N) is 1. The Morgan fingerprint density at radius 2 is 2.10 bits per heavy atom. The van der Waals surface area contributed by atoms with E-state index in [2.05, 4.69) is 23.9 Å². The lowest BCUT2D eigenvalue weighted by Crippen LogP contribution is -2.31. The molecule has 0 heterocycles. The molecule has 0 bridgehead atoms. The maximum atomic E-state index is 12.5. The van der Waals surface area contributed by atoms with Gasteiger partial charge in [0.25, 0.3) is 0 Å². The van der Waals surface area contributed by atoms with Crippen LogP contribution in [0.3, 0.4) is 0 Å². The van der Waals surface area contributed by atoms with Gasteiger partial charge in [0.05, 0.1) is 12.8 Å². The van der Waals surface area contributed by atoms with Crippen molar-refractivity contribution in [2.45, 2.75) is 45.8 Å². The predicted octanol–water partition coefficient (Wildman–Crippen LogP) is 4.29. The van der Waals surface area contributed by atoms with Crippen LogP contribution in [0.2, 0.25) is 0 Å². The second-order valence-electron chi connectivity index (χ2n) is 5.82. The molecule has 1 aromatic carbocycles. The zero-order chi connectivity index (χ0) is 14.8. The average Bonchev–Trinajstić information content (AvgIpc) is 2.70. The van der Waals surface area contributed by atoms with Gasteiger partial charge in [0.2, 0.25) is 0 Å². The molecular formula is C15H21F2NO2. The summed E-state index contributed by atoms with van der Waals surface area (Å²) in [6.45, 7) is 1.54. The van der Waals surface area contributed by atoms with Crippen molar-refractivity contribution in [3.63, 3.8) is 0 Å². The Morgan fingerprint density at radius 3 is 2.65 bits per heavy atom. The fourth-order valence-electron chi connectivity index (χ4n) is 2.73. The van der Waals surface area contributed by atoms with Gasteiger partial charge in [0, 0.05) is 12.1 Å². The fraction of sp³-hybridized carbons (Fsp3) is 0.600. The number of alkyl halides is 2. The van der Waals surface area contributed by atoms with Gasteiger partial charge in [-0.2, -0.15) is 8.78 Å². The maximum Gasteiger partial charge on any atom is 0.387 e. The summed E-state index contributed by atoms with van der Waals surface area (Å²) in [7, 11) is 1.55. The normalized spacial score (nSPS) is 21.0. The second kappa shape index (κ2) is 5.85. The molecule has 2 rings (SSSR count). The molecule has 0 aliphatic heterocycles. The third-order valence-electron chi connectivity index (χ3n) is 3.99. The Morgan fingerprint density at radius 1 is 1.35 bits per heavy atom. The van der Waals surface area contributed by atoms with Gasteiger partial charge in [-0.15, -0.1) is 0 Å². The van der Waals surface area contributed by atoms with Crippen molar-refractivity contribution in [2.24, 2.45) is 5.41 Å². The van der Waals surface area contributed by atoms with E-state index in [0.29, 0.717) is 11.4 Å². The Bertz CT molecular complexity index is 463. The number of benzene rings is 1. The topological polar surface area (TPSA) is 30.5 Å². The summed E-state index contributed by atoms with van der Waals surface area (Å²) in [4.78, 5) is 0. The van der Waals surface area contributed by atoms with Crippen LogP contribution in [0.25, 0.3) is 0 Å². The molecule has 1 N–H and O–H groups in total. The zero-order valence-electron chi connectivity index (χ0n) is 12.1. The minimum Gasteiger partial charge on any atom is -0.497 e. The lowest BCUT2D eigenvalue weighted by atomic mass is 9.87. The first-order valence-corrected chi connectivity index (χ1v) is 6.82. The van der Waals surface area contributed by atoms with Crippen LogP contribution in [0, 0.1) is 5.41 Å². The quantitative estimate of drug-likeness (QED) is 0.875. The first kappa shape index (κ1) is 14.9. The standard InChI is InChI=1S/C15H21F2NO2/c1-15(2)8-4-5-13(15)18-11-9-10(19-3)6-7-12(11)20-14(16)17/h6-7,9,13-14,18H,4-5,8H2,1-3H3. The third kappa shape index (κ3) is 3.32. The van der Waals surface area contributed by atoms with Gasteiger partial charge < -0.3 is 14.8 Å². The number of methoxy groups -OCH3 is 1. The molecule has 1 saturated carbocycles. The summed E-state index contributed by atoms with van der Waals surface area (Å²) < 4.78 is 34.7. The Balaban J connectivity index is 2.23. The molecule has 112 valence electrons. The van der Waals surface area contributed by atoms with Gasteiger partial charge in [-0.1, -0.05) is 20.3 Å². The summed E-state index contributed by atoms with van der Waals surface area (Å²) in [5.41, 5.74) is 0.704. The van der Waals surface area contributed by atoms with Crippen LogP contribution >= 0.6 is 0 Å². The van der Waals surface area contributed by atoms with Crippen molar-refractivity contribution >= 4 is 5.69 Å². The highest BCUT2D eigenvalue weighted by Crippen LogP contribution is 2.41. The molecule has 1 unspecified atom stereocenters. The highest BCUT2D eigenvalue weighted by molar-refractivity contribution is 5.60. The van der Waals surface area contributed by atoms with Gasteiger partial charge in [0.1, 0.15) is 11.5 Å². The monoisotopic (exact) mass is 285 g/mol. The van der Waals surface area contributed by atoms with Crippen molar-refractivity contribution in [1.82, 2.24) is 0 Å². The number of hydrogen-bond acceptors (Lipinski definition) is 3. The van der Waals surface area contributed by atoms with E-state index >= 15 is 0 Å². The fourth-order valence-corrected chi connectivity index (χ4v) is 2.73. The molecule has 1 fully saturated rings. The van der Waals surface area contributed by atoms with Crippen LogP contribution in [-0.4, -0.2) is 19.8 Å². The molecular weight excluding hydrogens is 264 g/mol. The van der Waals surface area contributed by atoms with E-state index < -0.39 is 6.61 Å². The molecule has 0 aromatic heterocycles. The summed E-state index contributed by atoms with van der Waals surface area (Å²) >= 11 is 0. The molecule has 1 atom stereocenters. The highest BCUT2D eigenvalue weighted by atomic mass is 19.3. The molecule has 1 aliphatic rings. The van der Waals surface area contributed by atoms with Gasteiger partial charge in [0.15, 0.2) is 0 Å². The Labute approximate surface area is 118 Å². The van der Waals surface area contributed by atoms with Crippen molar-refractivity contribution in [3.05, 3.63) is 18.2 Å². The van der Waals surface area contributed by atoms with Crippen molar-refractivity contribution in [2.75, 3.05) is 12.4 Å². The van der Waals surface area contributed by atoms with E-state index in [4.69, 9.17) is 4.74 Å². The van der Waals surface area contributed by atoms with Gasteiger partial charge in [-0.05, 0) is 30.4 Å². The zero-order valence-corrected chi connectivity index (χ0v) is 12.1. The lowest BCUT2D eigenvalue weighted by molar-refractivity contribution is -0.0494. The van der Waals surface area contributed by atoms with Gasteiger partial charge >= 0.3 is 6.61 Å². The van der Waals surface area contributed by atoms with Crippen LogP contribution in [0.4, 0.5) is 14.5 Å². The predicted molar refractivity (Wildman–Crippen MR) is 74.7 cm³/mol.